The second kappa shape index (κ2) is 7.56. The number of hydrogen-bond donors (Lipinski definition) is 0. The Kier molecular flexibility index (Phi) is 5.69. The van der Waals surface area contributed by atoms with Crippen LogP contribution >= 0.6 is 0 Å². The SMILES string of the molecule is CC1(ON2C(C)(C)CC(OC(=O)c3ccccc3)CC2(C)C)CCCCC1. The molecule has 27 heavy (non-hydrogen) atoms. The van der Waals surface area contributed by atoms with Crippen molar-refractivity contribution in [1.29, 1.82) is 0 Å². The minimum atomic E-state index is -0.235. The number of hydrogen-bond acceptors (Lipinski definition) is 4. The van der Waals surface area contributed by atoms with Gasteiger partial charge in [0.1, 0.15) is 6.10 Å². The van der Waals surface area contributed by atoms with Crippen molar-refractivity contribution in [1.82, 2.24) is 5.06 Å². The summed E-state index contributed by atoms with van der Waals surface area (Å²) in [6.07, 6.45) is 7.44. The topological polar surface area (TPSA) is 38.8 Å². The molecule has 2 fully saturated rings. The van der Waals surface area contributed by atoms with E-state index in [1.165, 1.54) is 19.3 Å². The van der Waals surface area contributed by atoms with Gasteiger partial charge in [0.05, 0.1) is 11.2 Å². The molecule has 0 aromatic heterocycles. The van der Waals surface area contributed by atoms with Crippen LogP contribution in [0.2, 0.25) is 0 Å². The summed E-state index contributed by atoms with van der Waals surface area (Å²) in [5.74, 6) is -0.235. The van der Waals surface area contributed by atoms with Crippen molar-refractivity contribution in [3.05, 3.63) is 35.9 Å². The van der Waals surface area contributed by atoms with Gasteiger partial charge in [-0.15, -0.1) is 0 Å². The summed E-state index contributed by atoms with van der Waals surface area (Å²) in [7, 11) is 0. The standard InChI is InChI=1S/C23H35NO3/c1-21(2)16-19(26-20(25)18-12-8-6-9-13-18)17-22(3,4)24(21)27-23(5)14-10-7-11-15-23/h6,8-9,12-13,19H,7,10-11,14-17H2,1-5H3. The third kappa shape index (κ3) is 4.72. The first-order valence-corrected chi connectivity index (χ1v) is 10.4. The van der Waals surface area contributed by atoms with E-state index in [0.717, 1.165) is 25.7 Å². The monoisotopic (exact) mass is 373 g/mol. The van der Waals surface area contributed by atoms with E-state index in [0.29, 0.717) is 5.56 Å². The molecule has 1 aliphatic heterocycles. The fourth-order valence-corrected chi connectivity index (χ4v) is 4.91. The molecule has 150 valence electrons. The van der Waals surface area contributed by atoms with E-state index in [-0.39, 0.29) is 28.8 Å². The number of nitrogens with zero attached hydrogens (tertiary/aromatic N) is 1. The summed E-state index contributed by atoms with van der Waals surface area (Å²) < 4.78 is 5.89. The van der Waals surface area contributed by atoms with Crippen LogP contribution in [0.5, 0.6) is 0 Å². The first-order valence-electron chi connectivity index (χ1n) is 10.4. The van der Waals surface area contributed by atoms with Crippen molar-refractivity contribution in [2.45, 2.75) is 102 Å². The van der Waals surface area contributed by atoms with Gasteiger partial charge in [-0.05, 0) is 59.6 Å². The van der Waals surface area contributed by atoms with Crippen LogP contribution in [0.4, 0.5) is 0 Å². The molecule has 0 N–H and O–H groups in total. The Hall–Kier alpha value is -1.39. The van der Waals surface area contributed by atoms with Crippen LogP contribution in [0.3, 0.4) is 0 Å². The first-order chi connectivity index (χ1) is 12.6. The number of esters is 1. The van der Waals surface area contributed by atoms with Gasteiger partial charge in [0.2, 0.25) is 0 Å². The highest BCUT2D eigenvalue weighted by molar-refractivity contribution is 5.89. The molecule has 1 saturated carbocycles. The molecule has 1 aromatic rings. The maximum absolute atomic E-state index is 12.5. The molecule has 0 spiro atoms. The van der Waals surface area contributed by atoms with Crippen LogP contribution < -0.4 is 0 Å². The van der Waals surface area contributed by atoms with Gasteiger partial charge in [0.25, 0.3) is 0 Å². The zero-order valence-electron chi connectivity index (χ0n) is 17.6. The fourth-order valence-electron chi connectivity index (χ4n) is 4.91. The van der Waals surface area contributed by atoms with Gasteiger partial charge in [-0.3, -0.25) is 4.84 Å². The van der Waals surface area contributed by atoms with Crippen LogP contribution in [0.15, 0.2) is 30.3 Å². The molecule has 3 rings (SSSR count). The van der Waals surface area contributed by atoms with Crippen molar-refractivity contribution >= 4 is 5.97 Å². The molecule has 1 heterocycles. The Morgan fingerprint density at radius 3 is 2.04 bits per heavy atom. The first kappa shape index (κ1) is 20.3. The number of carbonyl (C=O) groups excluding carboxylic acids is 1. The summed E-state index contributed by atoms with van der Waals surface area (Å²) in [4.78, 5) is 19.2. The highest BCUT2D eigenvalue weighted by Gasteiger charge is 2.50. The van der Waals surface area contributed by atoms with Crippen molar-refractivity contribution in [2.24, 2.45) is 0 Å². The lowest BCUT2D eigenvalue weighted by atomic mass is 9.79. The molecule has 1 aliphatic carbocycles. The van der Waals surface area contributed by atoms with Gasteiger partial charge in [0.15, 0.2) is 0 Å². The van der Waals surface area contributed by atoms with Crippen molar-refractivity contribution in [2.75, 3.05) is 0 Å². The minimum absolute atomic E-state index is 0.0830. The van der Waals surface area contributed by atoms with Crippen LogP contribution in [-0.2, 0) is 9.57 Å². The second-order valence-corrected chi connectivity index (χ2v) is 9.82. The summed E-state index contributed by atoms with van der Waals surface area (Å²) in [6, 6.07) is 9.25. The van der Waals surface area contributed by atoms with E-state index in [4.69, 9.17) is 9.57 Å². The van der Waals surface area contributed by atoms with E-state index in [2.05, 4.69) is 39.7 Å². The number of rotatable bonds is 4. The van der Waals surface area contributed by atoms with E-state index < -0.39 is 0 Å². The minimum Gasteiger partial charge on any atom is -0.459 e. The van der Waals surface area contributed by atoms with Crippen LogP contribution in [-0.4, -0.2) is 33.8 Å². The van der Waals surface area contributed by atoms with Gasteiger partial charge < -0.3 is 4.74 Å². The van der Waals surface area contributed by atoms with Crippen molar-refractivity contribution < 1.29 is 14.4 Å². The molecular weight excluding hydrogens is 338 g/mol. The number of hydroxylamine groups is 2. The molecule has 4 heteroatoms. The van der Waals surface area contributed by atoms with Gasteiger partial charge >= 0.3 is 5.97 Å². The van der Waals surface area contributed by atoms with Gasteiger partial charge in [-0.25, -0.2) is 4.79 Å². The average Bonchev–Trinajstić information content (AvgIpc) is 2.59. The maximum Gasteiger partial charge on any atom is 0.338 e. The Morgan fingerprint density at radius 2 is 1.48 bits per heavy atom. The van der Waals surface area contributed by atoms with Crippen LogP contribution in [0.1, 0.15) is 89.9 Å². The van der Waals surface area contributed by atoms with E-state index in [1.54, 1.807) is 12.1 Å². The van der Waals surface area contributed by atoms with Crippen molar-refractivity contribution in [3.63, 3.8) is 0 Å². The summed E-state index contributed by atoms with van der Waals surface area (Å²) in [5, 5.41) is 2.21. The lowest BCUT2D eigenvalue weighted by Crippen LogP contribution is -2.64. The normalized spacial score (nSPS) is 25.1. The fraction of sp³-hybridized carbons (Fsp3) is 0.696. The maximum atomic E-state index is 12.5. The molecule has 0 unspecified atom stereocenters. The summed E-state index contributed by atoms with van der Waals surface area (Å²) in [6.45, 7) is 11.0. The number of ether oxygens (including phenoxy) is 1. The lowest BCUT2D eigenvalue weighted by molar-refractivity contribution is -0.344. The second-order valence-electron chi connectivity index (χ2n) is 9.82. The zero-order chi connectivity index (χ0) is 19.7. The van der Waals surface area contributed by atoms with Crippen LogP contribution in [0.25, 0.3) is 0 Å². The quantitative estimate of drug-likeness (QED) is 0.652. The Labute approximate surface area is 164 Å². The van der Waals surface area contributed by atoms with Crippen LogP contribution in [0, 0.1) is 0 Å². The Balaban J connectivity index is 1.71. The highest BCUT2D eigenvalue weighted by atomic mass is 16.7. The Bertz CT molecular complexity index is 629. The molecule has 4 nitrogen and oxygen atoms in total. The van der Waals surface area contributed by atoms with Gasteiger partial charge in [0, 0.05) is 23.9 Å². The number of benzene rings is 1. The molecule has 1 aromatic carbocycles. The largest absolute Gasteiger partial charge is 0.459 e. The highest BCUT2D eigenvalue weighted by Crippen LogP contribution is 2.43. The zero-order valence-corrected chi connectivity index (χ0v) is 17.6. The average molecular weight is 374 g/mol. The molecule has 0 radical (unpaired) electrons. The molecule has 0 atom stereocenters. The van der Waals surface area contributed by atoms with Gasteiger partial charge in [-0.1, -0.05) is 37.5 Å². The third-order valence-electron chi connectivity index (χ3n) is 6.06. The lowest BCUT2D eigenvalue weighted by Gasteiger charge is -2.56. The van der Waals surface area contributed by atoms with E-state index >= 15 is 0 Å². The van der Waals surface area contributed by atoms with Crippen molar-refractivity contribution in [3.8, 4) is 0 Å². The summed E-state index contributed by atoms with van der Waals surface area (Å²) >= 11 is 0. The smallest absolute Gasteiger partial charge is 0.338 e. The molecule has 0 amide bonds. The molecule has 2 aliphatic rings. The predicted octanol–water partition coefficient (Wildman–Crippen LogP) is 5.52. The molecule has 1 saturated heterocycles. The van der Waals surface area contributed by atoms with E-state index in [1.807, 2.05) is 18.2 Å². The third-order valence-corrected chi connectivity index (χ3v) is 6.06. The molecule has 0 bridgehead atoms. The predicted molar refractivity (Wildman–Crippen MR) is 107 cm³/mol. The number of carbonyl (C=O) groups is 1. The summed E-state index contributed by atoms with van der Waals surface area (Å²) in [5.41, 5.74) is 0.120. The number of piperidine rings is 1. The Morgan fingerprint density at radius 1 is 0.926 bits per heavy atom. The molecular formula is C23H35NO3. The van der Waals surface area contributed by atoms with Gasteiger partial charge in [-0.2, -0.15) is 5.06 Å². The van der Waals surface area contributed by atoms with E-state index in [9.17, 15) is 4.79 Å².